The van der Waals surface area contributed by atoms with Crippen molar-refractivity contribution >= 4 is 33.5 Å². The molecule has 2 aromatic carbocycles. The average Bonchev–Trinajstić information content (AvgIpc) is 3.20. The molecule has 0 fully saturated rings. The monoisotopic (exact) mass is 439 g/mol. The van der Waals surface area contributed by atoms with Crippen LogP contribution in [0.3, 0.4) is 0 Å². The van der Waals surface area contributed by atoms with E-state index in [9.17, 15) is 13.4 Å². The molecule has 2 N–H and O–H groups in total. The number of nitrogens with zero attached hydrogens (tertiary/aromatic N) is 1. The Kier molecular flexibility index (Phi) is 5.90. The summed E-state index contributed by atoms with van der Waals surface area (Å²) in [6.45, 7) is 1.84. The number of benzene rings is 2. The minimum absolute atomic E-state index is 0.102. The van der Waals surface area contributed by atoms with Crippen molar-refractivity contribution in [2.24, 2.45) is 0 Å². The summed E-state index contributed by atoms with van der Waals surface area (Å²) in [4.78, 5) is 20.4. The number of anilines is 1. The van der Waals surface area contributed by atoms with Crippen molar-refractivity contribution < 1.29 is 17.8 Å². The van der Waals surface area contributed by atoms with E-state index in [1.807, 2.05) is 37.3 Å². The number of H-pyrrole nitrogens is 1. The first kappa shape index (κ1) is 20.9. The standard InChI is InChI=1S/C23H19F2N3O2S/c1-2-10-31(30)28-19-9-8-18(24)20(21(19)25)22(29)17-13-27-23-16(17)11-15(12-26-23)14-6-4-3-5-7-14/h3-9,11-13,28H,2,10H2,1H3,(H,26,27). The summed E-state index contributed by atoms with van der Waals surface area (Å²) >= 11 is 0. The second-order valence-corrected chi connectivity index (χ2v) is 8.26. The molecule has 31 heavy (non-hydrogen) atoms. The molecule has 1 atom stereocenters. The summed E-state index contributed by atoms with van der Waals surface area (Å²) in [5.41, 5.74) is 1.32. The summed E-state index contributed by atoms with van der Waals surface area (Å²) in [6, 6.07) is 13.4. The van der Waals surface area contributed by atoms with E-state index in [2.05, 4.69) is 14.7 Å². The third-order valence-corrected chi connectivity index (χ3v) is 6.04. The van der Waals surface area contributed by atoms with E-state index in [4.69, 9.17) is 0 Å². The summed E-state index contributed by atoms with van der Waals surface area (Å²) in [5, 5.41) is 0.457. The predicted molar refractivity (Wildman–Crippen MR) is 118 cm³/mol. The first-order valence-corrected chi connectivity index (χ1v) is 11.0. The van der Waals surface area contributed by atoms with Gasteiger partial charge in [-0.3, -0.25) is 4.79 Å². The van der Waals surface area contributed by atoms with E-state index < -0.39 is 34.0 Å². The molecule has 0 aliphatic heterocycles. The first-order chi connectivity index (χ1) is 15.0. The molecule has 0 aliphatic carbocycles. The lowest BCUT2D eigenvalue weighted by Crippen LogP contribution is -2.13. The van der Waals surface area contributed by atoms with Crippen LogP contribution in [0.25, 0.3) is 22.2 Å². The van der Waals surface area contributed by atoms with Gasteiger partial charge in [-0.25, -0.2) is 18.0 Å². The number of hydrogen-bond acceptors (Lipinski definition) is 3. The SMILES string of the molecule is CCCS(=O)Nc1ccc(F)c(C(=O)c2c[nH]c3ncc(-c4ccccc4)cc23)c1F. The van der Waals surface area contributed by atoms with Gasteiger partial charge in [0.05, 0.1) is 11.3 Å². The lowest BCUT2D eigenvalue weighted by atomic mass is 10.00. The molecule has 0 spiro atoms. The molecular formula is C23H19F2N3O2S. The van der Waals surface area contributed by atoms with Gasteiger partial charge >= 0.3 is 0 Å². The summed E-state index contributed by atoms with van der Waals surface area (Å²) in [6.07, 6.45) is 3.68. The molecule has 0 amide bonds. The third kappa shape index (κ3) is 4.11. The van der Waals surface area contributed by atoms with E-state index in [1.165, 1.54) is 6.20 Å². The van der Waals surface area contributed by atoms with Crippen LogP contribution in [0.4, 0.5) is 14.5 Å². The van der Waals surface area contributed by atoms with Gasteiger partial charge in [0.25, 0.3) is 0 Å². The highest BCUT2D eigenvalue weighted by molar-refractivity contribution is 7.86. The van der Waals surface area contributed by atoms with Crippen LogP contribution in [0.2, 0.25) is 0 Å². The number of pyridine rings is 1. The van der Waals surface area contributed by atoms with Gasteiger partial charge in [0.1, 0.15) is 22.5 Å². The van der Waals surface area contributed by atoms with E-state index in [1.54, 1.807) is 12.3 Å². The van der Waals surface area contributed by atoms with Crippen molar-refractivity contribution in [1.29, 1.82) is 0 Å². The Morgan fingerprint density at radius 1 is 1.13 bits per heavy atom. The lowest BCUT2D eigenvalue weighted by Gasteiger charge is -2.10. The Hall–Kier alpha value is -3.39. The quantitative estimate of drug-likeness (QED) is 0.388. The number of rotatable bonds is 7. The fraction of sp³-hybridized carbons (Fsp3) is 0.130. The van der Waals surface area contributed by atoms with Crippen LogP contribution in [0.5, 0.6) is 0 Å². The maximum absolute atomic E-state index is 15.0. The number of nitrogens with one attached hydrogen (secondary N) is 2. The normalized spacial score (nSPS) is 12.1. The van der Waals surface area contributed by atoms with Crippen LogP contribution < -0.4 is 4.72 Å². The smallest absolute Gasteiger partial charge is 0.201 e. The Labute approximate surface area is 180 Å². The fourth-order valence-electron chi connectivity index (χ4n) is 3.31. The zero-order valence-corrected chi connectivity index (χ0v) is 17.4. The van der Waals surface area contributed by atoms with Crippen LogP contribution in [0, 0.1) is 11.6 Å². The van der Waals surface area contributed by atoms with Crippen molar-refractivity contribution in [2.45, 2.75) is 13.3 Å². The van der Waals surface area contributed by atoms with Crippen LogP contribution >= 0.6 is 0 Å². The highest BCUT2D eigenvalue weighted by Crippen LogP contribution is 2.29. The Balaban J connectivity index is 1.77. The van der Waals surface area contributed by atoms with Gasteiger partial charge in [-0.05, 0) is 30.2 Å². The molecule has 158 valence electrons. The van der Waals surface area contributed by atoms with Crippen LogP contribution in [-0.4, -0.2) is 25.7 Å². The first-order valence-electron chi connectivity index (χ1n) is 9.70. The Morgan fingerprint density at radius 2 is 1.90 bits per heavy atom. The zero-order valence-electron chi connectivity index (χ0n) is 16.6. The number of fused-ring (bicyclic) bond motifs is 1. The van der Waals surface area contributed by atoms with Crippen LogP contribution in [0.1, 0.15) is 29.3 Å². The molecule has 0 saturated heterocycles. The zero-order chi connectivity index (χ0) is 22.0. The molecule has 1 unspecified atom stereocenters. The number of ketones is 1. The maximum atomic E-state index is 15.0. The average molecular weight is 439 g/mol. The molecule has 5 nitrogen and oxygen atoms in total. The maximum Gasteiger partial charge on any atom is 0.201 e. The van der Waals surface area contributed by atoms with Crippen molar-refractivity contribution in [3.63, 3.8) is 0 Å². The lowest BCUT2D eigenvalue weighted by molar-refractivity contribution is 0.103. The number of carbonyl (C=O) groups is 1. The number of halogens is 2. The van der Waals surface area contributed by atoms with E-state index in [0.29, 0.717) is 23.2 Å². The van der Waals surface area contributed by atoms with Crippen molar-refractivity contribution in [3.05, 3.63) is 83.7 Å². The summed E-state index contributed by atoms with van der Waals surface area (Å²) in [5.74, 6) is -2.58. The van der Waals surface area contributed by atoms with Gasteiger partial charge in [-0.1, -0.05) is 37.3 Å². The van der Waals surface area contributed by atoms with E-state index in [0.717, 1.165) is 23.3 Å². The number of aromatic nitrogens is 2. The van der Waals surface area contributed by atoms with E-state index >= 15 is 4.39 Å². The predicted octanol–water partition coefficient (Wildman–Crippen LogP) is 5.22. The minimum atomic E-state index is -1.53. The summed E-state index contributed by atoms with van der Waals surface area (Å²) < 4.78 is 44.0. The molecule has 0 bridgehead atoms. The topological polar surface area (TPSA) is 74.8 Å². The number of carbonyl (C=O) groups excluding carboxylic acids is 1. The minimum Gasteiger partial charge on any atom is -0.345 e. The molecule has 4 rings (SSSR count). The van der Waals surface area contributed by atoms with Gasteiger partial charge in [0, 0.05) is 34.7 Å². The third-order valence-electron chi connectivity index (χ3n) is 4.81. The van der Waals surface area contributed by atoms with Crippen LogP contribution in [-0.2, 0) is 11.0 Å². The van der Waals surface area contributed by atoms with E-state index in [-0.39, 0.29) is 11.3 Å². The van der Waals surface area contributed by atoms with Gasteiger partial charge in [-0.2, -0.15) is 0 Å². The van der Waals surface area contributed by atoms with Crippen molar-refractivity contribution in [2.75, 3.05) is 10.5 Å². The van der Waals surface area contributed by atoms with Gasteiger partial charge in [0.2, 0.25) is 5.78 Å². The highest BCUT2D eigenvalue weighted by Gasteiger charge is 2.25. The van der Waals surface area contributed by atoms with Crippen molar-refractivity contribution in [3.8, 4) is 11.1 Å². The Morgan fingerprint density at radius 3 is 2.65 bits per heavy atom. The van der Waals surface area contributed by atoms with Crippen molar-refractivity contribution in [1.82, 2.24) is 9.97 Å². The largest absolute Gasteiger partial charge is 0.345 e. The highest BCUT2D eigenvalue weighted by atomic mass is 32.2. The summed E-state index contributed by atoms with van der Waals surface area (Å²) in [7, 11) is -1.53. The van der Waals surface area contributed by atoms with Gasteiger partial charge in [-0.15, -0.1) is 0 Å². The molecular weight excluding hydrogens is 420 g/mol. The fourth-order valence-corrected chi connectivity index (χ4v) is 4.19. The molecule has 0 saturated carbocycles. The van der Waals surface area contributed by atoms with Gasteiger partial charge < -0.3 is 9.71 Å². The second kappa shape index (κ2) is 8.77. The molecule has 0 aliphatic rings. The Bertz CT molecular complexity index is 1290. The molecule has 8 heteroatoms. The van der Waals surface area contributed by atoms with Gasteiger partial charge in [0.15, 0.2) is 5.82 Å². The molecule has 0 radical (unpaired) electrons. The second-order valence-electron chi connectivity index (χ2n) is 6.95. The molecule has 4 aromatic rings. The number of hydrogen-bond donors (Lipinski definition) is 2. The van der Waals surface area contributed by atoms with Crippen LogP contribution in [0.15, 0.2) is 60.9 Å². The molecule has 2 aromatic heterocycles. The number of aromatic amines is 1. The molecule has 2 heterocycles.